The van der Waals surface area contributed by atoms with E-state index in [1.54, 1.807) is 18.2 Å². The first-order chi connectivity index (χ1) is 7.50. The standard InChI is InChI=1S/C11H12ClN2O2/c1-13(2)8-7-11(12)9-3-5-10(6-4-9)14(15)16/h3-8H,1-2H3/q+1/b11-7+. The van der Waals surface area contributed by atoms with Gasteiger partial charge in [-0.2, -0.15) is 0 Å². The molecule has 1 aromatic carbocycles. The number of nitrogens with zero attached hydrogens (tertiary/aromatic N) is 2. The fourth-order valence-corrected chi connectivity index (χ4v) is 1.24. The highest BCUT2D eigenvalue weighted by Crippen LogP contribution is 2.21. The molecule has 0 bridgehead atoms. The molecule has 0 spiro atoms. The van der Waals surface area contributed by atoms with Gasteiger partial charge in [-0.05, 0) is 17.7 Å². The van der Waals surface area contributed by atoms with Crippen molar-refractivity contribution in [2.75, 3.05) is 14.1 Å². The van der Waals surface area contributed by atoms with Crippen LogP contribution >= 0.6 is 11.6 Å². The molecular formula is C11H12ClN2O2+. The molecule has 0 atom stereocenters. The van der Waals surface area contributed by atoms with Crippen molar-refractivity contribution in [1.82, 2.24) is 0 Å². The van der Waals surface area contributed by atoms with Gasteiger partial charge >= 0.3 is 0 Å². The summed E-state index contributed by atoms with van der Waals surface area (Å²) in [5, 5.41) is 11.0. The van der Waals surface area contributed by atoms with Gasteiger partial charge in [-0.1, -0.05) is 11.6 Å². The van der Waals surface area contributed by atoms with Gasteiger partial charge < -0.3 is 0 Å². The summed E-state index contributed by atoms with van der Waals surface area (Å²) in [4.78, 5) is 10.0. The van der Waals surface area contributed by atoms with Gasteiger partial charge in [0.05, 0.1) is 9.96 Å². The van der Waals surface area contributed by atoms with E-state index in [-0.39, 0.29) is 5.69 Å². The van der Waals surface area contributed by atoms with Crippen LogP contribution in [0.3, 0.4) is 0 Å². The molecule has 0 radical (unpaired) electrons. The SMILES string of the molecule is C[N+](C)=C/C=C(/Cl)c1ccc([N+](=O)[O-])cc1. The van der Waals surface area contributed by atoms with Gasteiger partial charge in [-0.25, -0.2) is 4.58 Å². The van der Waals surface area contributed by atoms with Crippen molar-refractivity contribution in [2.24, 2.45) is 0 Å². The molecule has 0 fully saturated rings. The van der Waals surface area contributed by atoms with Crippen LogP contribution in [-0.4, -0.2) is 29.8 Å². The third-order valence-electron chi connectivity index (χ3n) is 1.87. The van der Waals surface area contributed by atoms with Gasteiger partial charge in [-0.15, -0.1) is 0 Å². The maximum Gasteiger partial charge on any atom is 0.269 e. The minimum absolute atomic E-state index is 0.0600. The van der Waals surface area contributed by atoms with E-state index in [0.717, 1.165) is 5.56 Å². The zero-order valence-electron chi connectivity index (χ0n) is 9.05. The van der Waals surface area contributed by atoms with E-state index in [9.17, 15) is 10.1 Å². The van der Waals surface area contributed by atoms with Crippen molar-refractivity contribution in [3.63, 3.8) is 0 Å². The Labute approximate surface area is 98.6 Å². The summed E-state index contributed by atoms with van der Waals surface area (Å²) >= 11 is 6.02. The van der Waals surface area contributed by atoms with Crippen LogP contribution in [-0.2, 0) is 0 Å². The number of non-ortho nitro benzene ring substituents is 1. The zero-order chi connectivity index (χ0) is 12.1. The summed E-state index contributed by atoms with van der Waals surface area (Å²) in [7, 11) is 3.77. The molecule has 0 saturated heterocycles. The van der Waals surface area contributed by atoms with Crippen LogP contribution in [0, 0.1) is 10.1 Å². The first kappa shape index (κ1) is 12.4. The maximum atomic E-state index is 10.4. The summed E-state index contributed by atoms with van der Waals surface area (Å²) in [6.07, 6.45) is 3.55. The van der Waals surface area contributed by atoms with Crippen LogP contribution in [0.2, 0.25) is 0 Å². The second kappa shape index (κ2) is 5.42. The quantitative estimate of drug-likeness (QED) is 0.352. The summed E-state index contributed by atoms with van der Waals surface area (Å²) in [6, 6.07) is 6.11. The number of hydrogen-bond donors (Lipinski definition) is 0. The predicted molar refractivity (Wildman–Crippen MR) is 65.1 cm³/mol. The second-order valence-corrected chi connectivity index (χ2v) is 3.84. The van der Waals surface area contributed by atoms with Gasteiger partial charge in [0.1, 0.15) is 14.1 Å². The van der Waals surface area contributed by atoms with E-state index in [4.69, 9.17) is 11.6 Å². The Bertz CT molecular complexity index is 446. The lowest BCUT2D eigenvalue weighted by Crippen LogP contribution is -1.95. The van der Waals surface area contributed by atoms with Gasteiger partial charge in [0, 0.05) is 18.2 Å². The first-order valence-electron chi connectivity index (χ1n) is 4.62. The summed E-state index contributed by atoms with van der Waals surface area (Å²) in [5.74, 6) is 0. The monoisotopic (exact) mass is 239 g/mol. The van der Waals surface area contributed by atoms with Crippen molar-refractivity contribution >= 4 is 28.5 Å². The molecule has 0 aromatic heterocycles. The largest absolute Gasteiger partial charge is 0.269 e. The lowest BCUT2D eigenvalue weighted by molar-refractivity contribution is -0.458. The number of rotatable bonds is 3. The molecule has 0 aliphatic carbocycles. The third-order valence-corrected chi connectivity index (χ3v) is 2.22. The van der Waals surface area contributed by atoms with Crippen LogP contribution in [0.25, 0.3) is 5.03 Å². The van der Waals surface area contributed by atoms with Crippen molar-refractivity contribution < 1.29 is 9.50 Å². The van der Waals surface area contributed by atoms with E-state index in [1.807, 2.05) is 24.9 Å². The van der Waals surface area contributed by atoms with E-state index in [1.165, 1.54) is 12.1 Å². The smallest absolute Gasteiger partial charge is 0.258 e. The lowest BCUT2D eigenvalue weighted by Gasteiger charge is -1.97. The normalized spacial score (nSPS) is 11.1. The number of benzene rings is 1. The topological polar surface area (TPSA) is 46.1 Å². The van der Waals surface area contributed by atoms with Crippen molar-refractivity contribution in [3.8, 4) is 0 Å². The van der Waals surface area contributed by atoms with Crippen LogP contribution in [0.15, 0.2) is 30.3 Å². The number of allylic oxidation sites excluding steroid dienone is 1. The van der Waals surface area contributed by atoms with Gasteiger partial charge in [0.2, 0.25) is 0 Å². The van der Waals surface area contributed by atoms with Crippen LogP contribution in [0.5, 0.6) is 0 Å². The van der Waals surface area contributed by atoms with E-state index in [2.05, 4.69) is 0 Å². The molecule has 0 N–H and O–H groups in total. The lowest BCUT2D eigenvalue weighted by atomic mass is 10.2. The van der Waals surface area contributed by atoms with Crippen LogP contribution < -0.4 is 0 Å². The fourth-order valence-electron chi connectivity index (χ4n) is 1.05. The fraction of sp³-hybridized carbons (Fsp3) is 0.182. The number of nitro benzene ring substituents is 1. The van der Waals surface area contributed by atoms with Gasteiger partial charge in [0.15, 0.2) is 6.21 Å². The molecule has 1 aromatic rings. The Morgan fingerprint density at radius 2 is 1.88 bits per heavy atom. The molecule has 0 saturated carbocycles. The Hall–Kier alpha value is -1.68. The molecule has 0 amide bonds. The Balaban J connectivity index is 2.94. The van der Waals surface area contributed by atoms with Gasteiger partial charge in [-0.3, -0.25) is 10.1 Å². The predicted octanol–water partition coefficient (Wildman–Crippen LogP) is 2.52. The van der Waals surface area contributed by atoms with E-state index >= 15 is 0 Å². The van der Waals surface area contributed by atoms with Gasteiger partial charge in [0.25, 0.3) is 5.69 Å². The summed E-state index contributed by atoms with van der Waals surface area (Å²) in [6.45, 7) is 0. The molecule has 1 rings (SSSR count). The molecule has 5 heteroatoms. The second-order valence-electron chi connectivity index (χ2n) is 3.43. The highest BCUT2D eigenvalue weighted by Gasteiger charge is 2.05. The van der Waals surface area contributed by atoms with Crippen molar-refractivity contribution in [1.29, 1.82) is 0 Å². The van der Waals surface area contributed by atoms with Crippen molar-refractivity contribution in [2.45, 2.75) is 0 Å². The third kappa shape index (κ3) is 3.47. The zero-order valence-corrected chi connectivity index (χ0v) is 9.81. The average Bonchev–Trinajstić information content (AvgIpc) is 2.26. The molecule has 0 heterocycles. The maximum absolute atomic E-state index is 10.4. The number of nitro groups is 1. The molecular weight excluding hydrogens is 228 g/mol. The van der Waals surface area contributed by atoms with Crippen LogP contribution in [0.4, 0.5) is 5.69 Å². The molecule has 0 aliphatic rings. The highest BCUT2D eigenvalue weighted by molar-refractivity contribution is 6.49. The minimum Gasteiger partial charge on any atom is -0.258 e. The Kier molecular flexibility index (Phi) is 4.19. The van der Waals surface area contributed by atoms with E-state index < -0.39 is 4.92 Å². The number of hydrogen-bond acceptors (Lipinski definition) is 2. The molecule has 16 heavy (non-hydrogen) atoms. The Morgan fingerprint density at radius 3 is 2.31 bits per heavy atom. The van der Waals surface area contributed by atoms with E-state index in [0.29, 0.717) is 5.03 Å². The summed E-state index contributed by atoms with van der Waals surface area (Å²) in [5.41, 5.74) is 0.815. The molecule has 0 aliphatic heterocycles. The Morgan fingerprint density at radius 1 is 1.31 bits per heavy atom. The summed E-state index contributed by atoms with van der Waals surface area (Å²) < 4.78 is 1.85. The molecule has 0 unspecified atom stereocenters. The van der Waals surface area contributed by atoms with Crippen molar-refractivity contribution in [3.05, 3.63) is 46.0 Å². The number of halogens is 1. The highest BCUT2D eigenvalue weighted by atomic mass is 35.5. The minimum atomic E-state index is -0.437. The average molecular weight is 240 g/mol. The molecule has 4 nitrogen and oxygen atoms in total. The van der Waals surface area contributed by atoms with Crippen LogP contribution in [0.1, 0.15) is 5.56 Å². The molecule has 84 valence electrons. The first-order valence-corrected chi connectivity index (χ1v) is 5.00.